The molecule has 2 heterocycles. The second-order valence-electron chi connectivity index (χ2n) is 6.81. The molecule has 158 valence electrons. The number of nitrogens with zero attached hydrogens (tertiary/aromatic N) is 1. The van der Waals surface area contributed by atoms with Crippen LogP contribution in [-0.4, -0.2) is 44.2 Å². The molecule has 2 amide bonds. The number of ether oxygens (including phenoxy) is 3. The summed E-state index contributed by atoms with van der Waals surface area (Å²) in [6.07, 6.45) is 0.468. The lowest BCUT2D eigenvalue weighted by atomic mass is 9.91. The summed E-state index contributed by atoms with van der Waals surface area (Å²) < 4.78 is 56.9. The molecule has 0 aliphatic carbocycles. The number of likely N-dealkylation sites (N-methyl/N-ethyl adjacent to an activating group) is 1. The van der Waals surface area contributed by atoms with Gasteiger partial charge in [-0.15, -0.1) is 0 Å². The van der Waals surface area contributed by atoms with E-state index in [-0.39, 0.29) is 30.7 Å². The molecule has 0 saturated carbocycles. The van der Waals surface area contributed by atoms with Gasteiger partial charge < -0.3 is 24.4 Å². The molecule has 0 fully saturated rings. The second-order valence-corrected chi connectivity index (χ2v) is 6.81. The Labute approximate surface area is 169 Å². The predicted molar refractivity (Wildman–Crippen MR) is 97.3 cm³/mol. The van der Waals surface area contributed by atoms with Gasteiger partial charge in [-0.1, -0.05) is 0 Å². The molecule has 4 rings (SSSR count). The number of hydrogen-bond donors (Lipinski definition) is 1. The van der Waals surface area contributed by atoms with Crippen LogP contribution in [-0.2, 0) is 13.0 Å². The number of benzene rings is 2. The largest absolute Gasteiger partial charge is 0.492 e. The van der Waals surface area contributed by atoms with Gasteiger partial charge in [-0.05, 0) is 24.1 Å². The summed E-state index contributed by atoms with van der Waals surface area (Å²) in [5.74, 6) is -5.11. The Hall–Kier alpha value is -3.43. The zero-order valence-electron chi connectivity index (χ0n) is 16.1. The van der Waals surface area contributed by atoms with Crippen LogP contribution in [0.25, 0.3) is 0 Å². The highest BCUT2D eigenvalue weighted by Gasteiger charge is 2.36. The van der Waals surface area contributed by atoms with E-state index in [9.17, 15) is 22.8 Å². The fraction of sp³-hybridized carbons (Fsp3) is 0.300. The fourth-order valence-corrected chi connectivity index (χ4v) is 3.63. The lowest BCUT2D eigenvalue weighted by Crippen LogP contribution is -2.36. The molecule has 0 atom stereocenters. The highest BCUT2D eigenvalue weighted by molar-refractivity contribution is 6.01. The molecule has 0 unspecified atom stereocenters. The summed E-state index contributed by atoms with van der Waals surface area (Å²) in [5, 5.41) is 2.48. The average Bonchev–Trinajstić information content (AvgIpc) is 3.21. The van der Waals surface area contributed by atoms with Crippen molar-refractivity contribution in [3.63, 3.8) is 0 Å². The number of halogens is 3. The number of carbonyl (C=O) groups is 2. The fourth-order valence-electron chi connectivity index (χ4n) is 3.63. The van der Waals surface area contributed by atoms with Crippen molar-refractivity contribution < 1.29 is 37.0 Å². The zero-order valence-corrected chi connectivity index (χ0v) is 16.1. The van der Waals surface area contributed by atoms with Crippen LogP contribution in [0.5, 0.6) is 17.2 Å². The van der Waals surface area contributed by atoms with Gasteiger partial charge in [0.05, 0.1) is 18.2 Å². The van der Waals surface area contributed by atoms with Gasteiger partial charge in [0, 0.05) is 25.7 Å². The van der Waals surface area contributed by atoms with E-state index < -0.39 is 28.9 Å². The van der Waals surface area contributed by atoms with Gasteiger partial charge in [-0.25, -0.2) is 13.2 Å². The number of nitrogens with one attached hydrogen (secondary N) is 1. The Morgan fingerprint density at radius 2 is 1.93 bits per heavy atom. The van der Waals surface area contributed by atoms with Crippen molar-refractivity contribution in [2.24, 2.45) is 0 Å². The number of rotatable bonds is 4. The van der Waals surface area contributed by atoms with Gasteiger partial charge in [0.25, 0.3) is 11.8 Å². The molecule has 0 radical (unpaired) electrons. The number of hydrogen-bond acceptors (Lipinski definition) is 5. The van der Waals surface area contributed by atoms with Gasteiger partial charge in [-0.3, -0.25) is 9.59 Å². The average molecular weight is 422 g/mol. The first-order valence-electron chi connectivity index (χ1n) is 9.03. The van der Waals surface area contributed by atoms with Crippen molar-refractivity contribution in [1.29, 1.82) is 0 Å². The van der Waals surface area contributed by atoms with E-state index in [1.807, 2.05) is 0 Å². The van der Waals surface area contributed by atoms with Crippen molar-refractivity contribution in [2.75, 3.05) is 27.5 Å². The van der Waals surface area contributed by atoms with Gasteiger partial charge in [0.2, 0.25) is 12.5 Å². The lowest BCUT2D eigenvalue weighted by Gasteiger charge is -2.29. The lowest BCUT2D eigenvalue weighted by molar-refractivity contribution is 0.0775. The molecule has 2 aromatic carbocycles. The first kappa shape index (κ1) is 19.9. The summed E-state index contributed by atoms with van der Waals surface area (Å²) >= 11 is 0. The zero-order chi connectivity index (χ0) is 21.6. The Balaban J connectivity index is 1.72. The van der Waals surface area contributed by atoms with Crippen molar-refractivity contribution >= 4 is 11.8 Å². The Morgan fingerprint density at radius 3 is 2.67 bits per heavy atom. The molecular weight excluding hydrogens is 405 g/mol. The van der Waals surface area contributed by atoms with E-state index in [1.54, 1.807) is 7.05 Å². The summed E-state index contributed by atoms with van der Waals surface area (Å²) in [5.41, 5.74) is 0.765. The molecule has 0 aromatic heterocycles. The van der Waals surface area contributed by atoms with Crippen LogP contribution in [0, 0.1) is 17.5 Å². The third-order valence-electron chi connectivity index (χ3n) is 5.15. The minimum absolute atomic E-state index is 0.0998. The third kappa shape index (κ3) is 2.99. The Morgan fingerprint density at radius 1 is 1.20 bits per heavy atom. The first-order valence-corrected chi connectivity index (χ1v) is 9.03. The van der Waals surface area contributed by atoms with Gasteiger partial charge in [0.1, 0.15) is 0 Å². The highest BCUT2D eigenvalue weighted by Crippen LogP contribution is 2.49. The monoisotopic (exact) mass is 422 g/mol. The molecule has 7 nitrogen and oxygen atoms in total. The first-order chi connectivity index (χ1) is 14.3. The minimum atomic E-state index is -1.73. The van der Waals surface area contributed by atoms with Gasteiger partial charge in [0.15, 0.2) is 29.0 Å². The summed E-state index contributed by atoms with van der Waals surface area (Å²) in [7, 11) is 3.06. The maximum atomic E-state index is 13.9. The Bertz CT molecular complexity index is 1070. The van der Waals surface area contributed by atoms with E-state index in [1.165, 1.54) is 12.0 Å². The van der Waals surface area contributed by atoms with Crippen LogP contribution in [0.2, 0.25) is 0 Å². The van der Waals surface area contributed by atoms with E-state index in [0.717, 1.165) is 6.07 Å². The normalized spacial score (nSPS) is 14.6. The van der Waals surface area contributed by atoms with Crippen molar-refractivity contribution in [1.82, 2.24) is 10.2 Å². The van der Waals surface area contributed by atoms with Crippen LogP contribution in [0.1, 0.15) is 31.8 Å². The van der Waals surface area contributed by atoms with Crippen LogP contribution in [0.15, 0.2) is 12.1 Å². The molecule has 30 heavy (non-hydrogen) atoms. The standard InChI is InChI=1S/C20H17F3N2O5/c1-25-6-5-9-11(7-24-19(26)10-3-4-12(21)15(23)14(10)22)16-18(30-8-29-16)17(28-2)13(9)20(25)27/h3-4H,5-8H2,1-2H3,(H,24,26). The Kier molecular flexibility index (Phi) is 4.92. The SMILES string of the molecule is COc1c2c(c(CNC(=O)c3ccc(F)c(F)c3F)c3c1C(=O)N(C)CC3)OCO2. The smallest absolute Gasteiger partial charge is 0.257 e. The molecule has 10 heteroatoms. The second kappa shape index (κ2) is 7.43. The van der Waals surface area contributed by atoms with Crippen LogP contribution >= 0.6 is 0 Å². The molecule has 0 saturated heterocycles. The van der Waals surface area contributed by atoms with E-state index in [0.29, 0.717) is 41.5 Å². The quantitative estimate of drug-likeness (QED) is 0.766. The maximum absolute atomic E-state index is 13.9. The number of amides is 2. The van der Waals surface area contributed by atoms with E-state index >= 15 is 0 Å². The van der Waals surface area contributed by atoms with Crippen LogP contribution < -0.4 is 19.5 Å². The summed E-state index contributed by atoms with van der Waals surface area (Å²) in [4.78, 5) is 26.7. The summed E-state index contributed by atoms with van der Waals surface area (Å²) in [6, 6.07) is 1.53. The molecule has 2 aliphatic rings. The number of fused-ring (bicyclic) bond motifs is 2. The maximum Gasteiger partial charge on any atom is 0.257 e. The molecular formula is C20H17F3N2O5. The number of methoxy groups -OCH3 is 1. The van der Waals surface area contributed by atoms with Crippen molar-refractivity contribution in [2.45, 2.75) is 13.0 Å². The molecule has 0 spiro atoms. The third-order valence-corrected chi connectivity index (χ3v) is 5.15. The molecule has 2 aromatic rings. The van der Waals surface area contributed by atoms with Crippen LogP contribution in [0.4, 0.5) is 13.2 Å². The highest BCUT2D eigenvalue weighted by atomic mass is 19.2. The molecule has 2 aliphatic heterocycles. The minimum Gasteiger partial charge on any atom is -0.492 e. The van der Waals surface area contributed by atoms with Crippen molar-refractivity contribution in [3.05, 3.63) is 51.8 Å². The van der Waals surface area contributed by atoms with Crippen LogP contribution in [0.3, 0.4) is 0 Å². The van der Waals surface area contributed by atoms with E-state index in [4.69, 9.17) is 14.2 Å². The molecule has 1 N–H and O–H groups in total. The van der Waals surface area contributed by atoms with Gasteiger partial charge >= 0.3 is 0 Å². The number of carbonyl (C=O) groups excluding carboxylic acids is 2. The predicted octanol–water partition coefficient (Wildman–Crippen LogP) is 2.40. The van der Waals surface area contributed by atoms with E-state index in [2.05, 4.69) is 5.32 Å². The van der Waals surface area contributed by atoms with Gasteiger partial charge in [-0.2, -0.15) is 0 Å². The van der Waals surface area contributed by atoms with Crippen molar-refractivity contribution in [3.8, 4) is 17.2 Å². The topological polar surface area (TPSA) is 77.1 Å². The molecule has 0 bridgehead atoms. The summed E-state index contributed by atoms with van der Waals surface area (Å²) in [6.45, 7) is 0.191.